The molecule has 0 bridgehead atoms. The Bertz CT molecular complexity index is 151. The fraction of sp³-hybridized carbons (Fsp3) is 0. The minimum absolute atomic E-state index is 0. The molecule has 0 amide bonds. The molecule has 1 aromatic carbocycles. The van der Waals surface area contributed by atoms with Gasteiger partial charge in [0.2, 0.25) is 0 Å². The molecule has 1 aromatic rings. The van der Waals surface area contributed by atoms with Crippen molar-refractivity contribution < 1.29 is 5.11 Å². The molecule has 1 nitrogen and oxygen atoms in total. The maximum atomic E-state index is 8.63. The van der Waals surface area contributed by atoms with Gasteiger partial charge in [-0.1, -0.05) is 18.2 Å². The number of hydrogen-bond acceptors (Lipinski definition) is 1. The van der Waals surface area contributed by atoms with E-state index in [9.17, 15) is 0 Å². The Labute approximate surface area is 71.9 Å². The molecule has 0 fully saturated rings. The van der Waals surface area contributed by atoms with Crippen molar-refractivity contribution in [1.29, 1.82) is 0 Å². The van der Waals surface area contributed by atoms with Crippen LogP contribution in [0, 0.1) is 0 Å². The summed E-state index contributed by atoms with van der Waals surface area (Å²) in [4.78, 5) is 0. The Morgan fingerprint density at radius 3 is 1.60 bits per heavy atom. The van der Waals surface area contributed by atoms with Crippen LogP contribution in [0.3, 0.4) is 0 Å². The molecular formula is C8H12OSe. The molecule has 0 spiro atoms. The van der Waals surface area contributed by atoms with Crippen LogP contribution < -0.4 is 0 Å². The van der Waals surface area contributed by atoms with E-state index in [0.29, 0.717) is 5.75 Å². The number of benzene rings is 1. The number of rotatable bonds is 0. The number of aromatic hydroxyl groups is 1. The molecule has 0 aromatic heterocycles. The fourth-order valence-electron chi connectivity index (χ4n) is 0.428. The monoisotopic (exact) mass is 204 g/mol. The van der Waals surface area contributed by atoms with Crippen LogP contribution in [-0.4, -0.2) is 22.2 Å². The summed E-state index contributed by atoms with van der Waals surface area (Å²) in [6.07, 6.45) is 0. The van der Waals surface area contributed by atoms with Crippen molar-refractivity contribution in [3.05, 3.63) is 43.5 Å². The van der Waals surface area contributed by atoms with Crippen LogP contribution in [0.1, 0.15) is 0 Å². The van der Waals surface area contributed by atoms with Crippen molar-refractivity contribution in [3.8, 4) is 5.75 Å². The Balaban J connectivity index is 0. The van der Waals surface area contributed by atoms with E-state index in [1.807, 2.05) is 6.07 Å². The van der Waals surface area contributed by atoms with Crippen LogP contribution in [-0.2, 0) is 0 Å². The summed E-state index contributed by atoms with van der Waals surface area (Å²) >= 11 is 0. The van der Waals surface area contributed by atoms with Gasteiger partial charge in [0.15, 0.2) is 0 Å². The molecule has 1 N–H and O–H groups in total. The summed E-state index contributed by atoms with van der Waals surface area (Å²) < 4.78 is 0. The van der Waals surface area contributed by atoms with Gasteiger partial charge in [-0.3, -0.25) is 0 Å². The van der Waals surface area contributed by atoms with Gasteiger partial charge in [-0.2, -0.15) is 0 Å². The molecule has 0 aliphatic rings. The van der Waals surface area contributed by atoms with Gasteiger partial charge in [-0.05, 0) is 12.1 Å². The first-order chi connectivity index (χ1) is 4.39. The summed E-state index contributed by atoms with van der Waals surface area (Å²) in [5.74, 6) is 0.322. The van der Waals surface area contributed by atoms with Crippen LogP contribution >= 0.6 is 0 Å². The third-order valence-corrected chi connectivity index (χ3v) is 0.756. The molecular weight excluding hydrogens is 191 g/mol. The first kappa shape index (κ1) is 12.0. The van der Waals surface area contributed by atoms with Gasteiger partial charge in [0.1, 0.15) is 5.75 Å². The van der Waals surface area contributed by atoms with Gasteiger partial charge in [-0.15, -0.1) is 13.2 Å². The quantitative estimate of drug-likeness (QED) is 0.497. The molecule has 56 valence electrons. The predicted molar refractivity (Wildman–Crippen MR) is 47.9 cm³/mol. The summed E-state index contributed by atoms with van der Waals surface area (Å²) in [5, 5.41) is 8.63. The van der Waals surface area contributed by atoms with Crippen molar-refractivity contribution in [2.45, 2.75) is 0 Å². The van der Waals surface area contributed by atoms with E-state index in [0.717, 1.165) is 0 Å². The van der Waals surface area contributed by atoms with Gasteiger partial charge in [-0.25, -0.2) is 0 Å². The summed E-state index contributed by atoms with van der Waals surface area (Å²) in [7, 11) is 0. The standard InChI is InChI=1S/C6H6O.C2H4.H2Se/c7-6-4-2-1-3-5-6;1-2;/h1-5,7H;1-2H2;1H2. The average Bonchev–Trinajstić information content (AvgIpc) is 1.94. The molecule has 0 radical (unpaired) electrons. The molecule has 0 saturated carbocycles. The number of para-hydroxylation sites is 1. The van der Waals surface area contributed by atoms with Crippen molar-refractivity contribution in [3.63, 3.8) is 0 Å². The second-order valence-electron chi connectivity index (χ2n) is 1.34. The van der Waals surface area contributed by atoms with Crippen molar-refractivity contribution in [2.75, 3.05) is 0 Å². The van der Waals surface area contributed by atoms with Gasteiger partial charge < -0.3 is 5.11 Å². The van der Waals surface area contributed by atoms with Crippen molar-refractivity contribution in [1.82, 2.24) is 0 Å². The van der Waals surface area contributed by atoms with Gasteiger partial charge in [0.25, 0.3) is 0 Å². The first-order valence-electron chi connectivity index (χ1n) is 2.63. The van der Waals surface area contributed by atoms with E-state index in [1.54, 1.807) is 24.3 Å². The van der Waals surface area contributed by atoms with Crippen LogP contribution in [0.2, 0.25) is 0 Å². The van der Waals surface area contributed by atoms with Crippen LogP contribution in [0.25, 0.3) is 0 Å². The molecule has 10 heavy (non-hydrogen) atoms. The number of phenolic OH excluding ortho intramolecular Hbond substituents is 1. The average molecular weight is 203 g/mol. The molecule has 1 rings (SSSR count). The van der Waals surface area contributed by atoms with Gasteiger partial charge in [0, 0.05) is 0 Å². The molecule has 0 saturated heterocycles. The number of phenols is 1. The van der Waals surface area contributed by atoms with Crippen molar-refractivity contribution in [2.24, 2.45) is 0 Å². The second-order valence-corrected chi connectivity index (χ2v) is 1.34. The van der Waals surface area contributed by atoms with E-state index < -0.39 is 0 Å². The Morgan fingerprint density at radius 1 is 1.00 bits per heavy atom. The zero-order valence-electron chi connectivity index (χ0n) is 5.75. The normalized spacial score (nSPS) is 6.40. The Morgan fingerprint density at radius 2 is 1.40 bits per heavy atom. The molecule has 0 aliphatic carbocycles. The molecule has 2 heteroatoms. The van der Waals surface area contributed by atoms with Gasteiger partial charge in [0.05, 0.1) is 0 Å². The predicted octanol–water partition coefficient (Wildman–Crippen LogP) is 1.28. The molecule has 0 heterocycles. The topological polar surface area (TPSA) is 20.2 Å². The SMILES string of the molecule is C=C.Oc1ccccc1.[SeH2]. The third-order valence-electron chi connectivity index (χ3n) is 0.756. The first-order valence-corrected chi connectivity index (χ1v) is 2.63. The zero-order valence-corrected chi connectivity index (χ0v) is 7.85. The summed E-state index contributed by atoms with van der Waals surface area (Å²) in [6.45, 7) is 6.00. The van der Waals surface area contributed by atoms with Crippen LogP contribution in [0.4, 0.5) is 0 Å². The molecule has 0 atom stereocenters. The fourth-order valence-corrected chi connectivity index (χ4v) is 0.428. The van der Waals surface area contributed by atoms with Crippen LogP contribution in [0.5, 0.6) is 5.75 Å². The zero-order chi connectivity index (χ0) is 7.11. The second kappa shape index (κ2) is 8.28. The van der Waals surface area contributed by atoms with E-state index in [-0.39, 0.29) is 17.1 Å². The van der Waals surface area contributed by atoms with Crippen LogP contribution in [0.15, 0.2) is 43.5 Å². The number of hydrogen-bond donors (Lipinski definition) is 1. The summed E-state index contributed by atoms with van der Waals surface area (Å²) in [5.41, 5.74) is 0. The minimum atomic E-state index is 0. The van der Waals surface area contributed by atoms with E-state index >= 15 is 0 Å². The maximum absolute atomic E-state index is 8.63. The molecule has 0 unspecified atom stereocenters. The Kier molecular flexibility index (Phi) is 9.94. The molecule has 0 aliphatic heterocycles. The third kappa shape index (κ3) is 5.42. The van der Waals surface area contributed by atoms with E-state index in [4.69, 9.17) is 5.11 Å². The summed E-state index contributed by atoms with van der Waals surface area (Å²) in [6, 6.07) is 8.71. The van der Waals surface area contributed by atoms with Crippen molar-refractivity contribution >= 4 is 17.1 Å². The van der Waals surface area contributed by atoms with E-state index in [2.05, 4.69) is 13.2 Å². The van der Waals surface area contributed by atoms with E-state index in [1.165, 1.54) is 0 Å². The Hall–Kier alpha value is -0.721. The van der Waals surface area contributed by atoms with Gasteiger partial charge >= 0.3 is 17.1 Å².